The van der Waals surface area contributed by atoms with Gasteiger partial charge < -0.3 is 18.4 Å². The van der Waals surface area contributed by atoms with Gasteiger partial charge in [-0.25, -0.2) is 4.98 Å². The molecule has 0 saturated heterocycles. The molecule has 0 saturated carbocycles. The van der Waals surface area contributed by atoms with Crippen LogP contribution in [0.15, 0.2) is 231 Å². The van der Waals surface area contributed by atoms with Crippen molar-refractivity contribution in [1.82, 2.24) is 18.7 Å². The van der Waals surface area contributed by atoms with Crippen LogP contribution < -0.4 is 9.30 Å². The molecule has 0 radical (unpaired) electrons. The molecule has 456 valence electrons. The second-order valence-corrected chi connectivity index (χ2v) is 24.6. The SMILES string of the molecule is [2H]c1c([2H])c2c(c([2H])c1-c1cc3c4c(c1)n(-c1[c-]c(Oc5[c-]c6c(cc5)c5ccccc5n6-c5cc(C(C)(C)C)ccn5)ccc1)[c-][n+]4-c1c(cc(-c4c(C([2H])([2H])[2H])cccc4C([2H])([2H])[2H])cc1-n1c4ccccc4c4ccccc41)-c1ccccc1-c1ccccc1-3)C(C([2H])([2H])[2H])(C([2H])([2H])[2H])C([2H])([2H])C([2H])([2H])C2(C([2H])([2H])[2H])C([2H])([2H])[2H].[Pt]. The summed E-state index contributed by atoms with van der Waals surface area (Å²) in [6.07, 6.45) is -3.76. The van der Waals surface area contributed by atoms with Crippen molar-refractivity contribution in [2.24, 2.45) is 0 Å². The molecule has 4 aromatic heterocycles. The number of fused-ring (bicyclic) bond motifs is 14. The van der Waals surface area contributed by atoms with Crippen molar-refractivity contribution in [3.63, 3.8) is 0 Å². The van der Waals surface area contributed by atoms with E-state index in [0.717, 1.165) is 32.6 Å². The standard InChI is InChI=1S/C86H69N5O.Pt/c1-53-22-20-23-54(2)81(53)57-45-71-65-29-13-11-27-63(65)62-26-10-12-28-64(62)70-44-56(55-36-39-72-73(46-55)86(8,9)42-41-85(72,6)7)47-78-82(70)89(83(71)79(48-57)90-74-33-17-14-30-66(74)67-31-15-18-34-75(67)90)52-88(78)59-24-21-25-60(50-59)92-61-37-38-69-68-32-16-19-35-76(68)91(77(69)51-61)80-49-58(40-43-87-80)84(3,4)5;/h10-40,43-49H,41-42H2,1-9H3;/q-2;/i1D3,2D3,6D3,7D3,8D3,9D3,36D,39D,41D2,42D2,46D;. The summed E-state index contributed by atoms with van der Waals surface area (Å²) in [6, 6.07) is 63.5. The van der Waals surface area contributed by atoms with Gasteiger partial charge in [-0.05, 0) is 186 Å². The molecule has 15 aromatic rings. The first-order valence-corrected chi connectivity index (χ1v) is 30.1. The predicted octanol–water partition coefficient (Wildman–Crippen LogP) is 21.6. The first-order chi connectivity index (χ1) is 54.8. The minimum Gasteiger partial charge on any atom is -0.510 e. The number of hydrogen-bond donors (Lipinski definition) is 0. The van der Waals surface area contributed by atoms with Gasteiger partial charge in [-0.15, -0.1) is 29.7 Å². The van der Waals surface area contributed by atoms with Gasteiger partial charge in [0.2, 0.25) is 0 Å². The molecular formula is C86H69N5OPt-2. The molecule has 93 heavy (non-hydrogen) atoms. The third-order valence-electron chi connectivity index (χ3n) is 17.9. The fourth-order valence-electron chi connectivity index (χ4n) is 13.6. The van der Waals surface area contributed by atoms with E-state index in [0.29, 0.717) is 61.6 Å². The molecule has 0 bridgehead atoms. The number of para-hydroxylation sites is 3. The van der Waals surface area contributed by atoms with E-state index < -0.39 is 99.5 Å². The first kappa shape index (κ1) is 37.0. The van der Waals surface area contributed by atoms with Crippen molar-refractivity contribution < 1.29 is 64.6 Å². The molecule has 1 aliphatic carbocycles. The van der Waals surface area contributed by atoms with E-state index in [4.69, 9.17) is 26.2 Å². The summed E-state index contributed by atoms with van der Waals surface area (Å²) in [6.45, 7) is -16.8. The maximum absolute atomic E-state index is 10.6. The Labute approximate surface area is 593 Å². The Kier molecular flexibility index (Phi) is 8.60. The Morgan fingerprint density at radius 1 is 0.538 bits per heavy atom. The molecule has 0 unspecified atom stereocenters. The summed E-state index contributed by atoms with van der Waals surface area (Å²) in [5.41, 5.74) is -6.62. The number of nitrogens with zero attached hydrogens (tertiary/aromatic N) is 5. The molecule has 7 heteroatoms. The summed E-state index contributed by atoms with van der Waals surface area (Å²) in [4.78, 5) is 4.86. The van der Waals surface area contributed by atoms with Gasteiger partial charge in [0.05, 0.1) is 37.6 Å². The Balaban J connectivity index is 0.0000104. The van der Waals surface area contributed by atoms with E-state index in [-0.39, 0.29) is 88.1 Å². The quantitative estimate of drug-likeness (QED) is 0.118. The van der Waals surface area contributed by atoms with Crippen LogP contribution in [-0.4, -0.2) is 18.7 Å². The first-order valence-electron chi connectivity index (χ1n) is 42.6. The number of aromatic nitrogens is 5. The number of benzene rings is 11. The average molecular weight is 1410 g/mol. The van der Waals surface area contributed by atoms with Crippen molar-refractivity contribution >= 4 is 54.6 Å². The zero-order chi connectivity index (χ0) is 83.7. The Hall–Kier alpha value is -9.87. The number of imidazole rings is 1. The molecule has 0 atom stereocenters. The van der Waals surface area contributed by atoms with Crippen molar-refractivity contribution in [3.8, 4) is 90.0 Å². The summed E-state index contributed by atoms with van der Waals surface area (Å²) in [5.74, 6) is 0.971. The second kappa shape index (κ2) is 21.6. The van der Waals surface area contributed by atoms with Gasteiger partial charge in [0.1, 0.15) is 5.82 Å². The molecule has 6 nitrogen and oxygen atoms in total. The minimum atomic E-state index is -4.62. The summed E-state index contributed by atoms with van der Waals surface area (Å²) < 4.78 is 248. The number of ether oxygens (including phenoxy) is 1. The van der Waals surface area contributed by atoms with Crippen LogP contribution in [-0.2, 0) is 37.3 Å². The maximum Gasteiger partial charge on any atom is 0.268 e. The zero-order valence-electron chi connectivity index (χ0n) is 75.2. The number of aryl methyl sites for hydroxylation is 2. The molecule has 0 fully saturated rings. The predicted molar refractivity (Wildman–Crippen MR) is 379 cm³/mol. The van der Waals surface area contributed by atoms with Crippen LogP contribution in [0.25, 0.3) is 133 Å². The van der Waals surface area contributed by atoms with Gasteiger partial charge in [0.15, 0.2) is 0 Å². The van der Waals surface area contributed by atoms with Gasteiger partial charge in [0, 0.05) is 85.2 Å². The number of rotatable bonds is 7. The average Bonchev–Trinajstić information content (AvgIpc) is 0.712. The molecule has 0 amide bonds. The zero-order valence-corrected chi connectivity index (χ0v) is 52.4. The van der Waals surface area contributed by atoms with E-state index in [2.05, 4.69) is 39.2 Å². The Bertz CT molecular complexity index is 6590. The largest absolute Gasteiger partial charge is 0.510 e. The second-order valence-electron chi connectivity index (χ2n) is 24.6. The summed E-state index contributed by atoms with van der Waals surface area (Å²) in [7, 11) is 0. The fourth-order valence-corrected chi connectivity index (χ4v) is 13.6. The van der Waals surface area contributed by atoms with Gasteiger partial charge in [-0.3, -0.25) is 4.57 Å². The molecule has 11 aromatic carbocycles. The molecule has 5 heterocycles. The molecule has 1 aliphatic heterocycles. The minimum absolute atomic E-state index is 0. The van der Waals surface area contributed by atoms with Crippen LogP contribution in [0.2, 0.25) is 0 Å². The van der Waals surface area contributed by atoms with Crippen LogP contribution in [0.5, 0.6) is 11.5 Å². The van der Waals surface area contributed by atoms with Crippen LogP contribution in [0, 0.1) is 32.2 Å². The van der Waals surface area contributed by atoms with Crippen molar-refractivity contribution in [3.05, 3.63) is 277 Å². The number of pyridine rings is 1. The third kappa shape index (κ3) is 9.30. The summed E-state index contributed by atoms with van der Waals surface area (Å²) in [5, 5.41) is 3.32. The third-order valence-corrected chi connectivity index (χ3v) is 17.9. The van der Waals surface area contributed by atoms with E-state index in [9.17, 15) is 17.8 Å². The molecule has 17 rings (SSSR count). The maximum atomic E-state index is 10.6. The molecular weight excluding hydrogens is 1310 g/mol. The topological polar surface area (TPSA) is 40.8 Å². The van der Waals surface area contributed by atoms with Gasteiger partial charge in [0.25, 0.3) is 6.33 Å². The van der Waals surface area contributed by atoms with Crippen LogP contribution in [0.3, 0.4) is 0 Å². The van der Waals surface area contributed by atoms with E-state index in [1.165, 1.54) is 30.3 Å². The fraction of sp³-hybridized carbons (Fsp3) is 0.163. The van der Waals surface area contributed by atoms with Crippen LogP contribution >= 0.6 is 0 Å². The van der Waals surface area contributed by atoms with E-state index >= 15 is 0 Å². The molecule has 0 spiro atoms. The van der Waals surface area contributed by atoms with Gasteiger partial charge in [-0.1, -0.05) is 199 Å². The van der Waals surface area contributed by atoms with E-state index in [1.807, 2.05) is 118 Å². The molecule has 2 aliphatic rings. The Morgan fingerprint density at radius 2 is 1.13 bits per heavy atom. The van der Waals surface area contributed by atoms with Gasteiger partial charge >= 0.3 is 0 Å². The van der Waals surface area contributed by atoms with E-state index in [1.54, 1.807) is 82.1 Å². The number of hydrogen-bond acceptors (Lipinski definition) is 2. The van der Waals surface area contributed by atoms with Crippen LogP contribution in [0.4, 0.5) is 0 Å². The molecule has 0 N–H and O–H groups in total. The smallest absolute Gasteiger partial charge is 0.268 e. The Morgan fingerprint density at radius 3 is 1.80 bits per heavy atom. The van der Waals surface area contributed by atoms with Crippen molar-refractivity contribution in [1.29, 1.82) is 0 Å². The van der Waals surface area contributed by atoms with Crippen molar-refractivity contribution in [2.75, 3.05) is 0 Å². The van der Waals surface area contributed by atoms with Crippen molar-refractivity contribution in [2.45, 2.75) is 90.9 Å². The monoisotopic (exact) mass is 1410 g/mol. The van der Waals surface area contributed by atoms with Crippen LogP contribution in [0.1, 0.15) is 123 Å². The van der Waals surface area contributed by atoms with Gasteiger partial charge in [-0.2, -0.15) is 18.2 Å². The summed E-state index contributed by atoms with van der Waals surface area (Å²) >= 11 is 0. The normalized spacial score (nSPS) is 19.7.